The van der Waals surface area contributed by atoms with Gasteiger partial charge in [0.05, 0.1) is 0 Å². The van der Waals surface area contributed by atoms with Gasteiger partial charge in [0, 0.05) is 10.6 Å². The summed E-state index contributed by atoms with van der Waals surface area (Å²) in [6, 6.07) is 11.2. The molecule has 0 saturated heterocycles. The van der Waals surface area contributed by atoms with Crippen LogP contribution in [-0.2, 0) is 4.79 Å². The van der Waals surface area contributed by atoms with Crippen LogP contribution in [0.15, 0.2) is 41.8 Å². The normalized spacial score (nSPS) is 12.1. The van der Waals surface area contributed by atoms with Crippen LogP contribution in [0.1, 0.15) is 16.5 Å². The number of anilines is 1. The van der Waals surface area contributed by atoms with Gasteiger partial charge < -0.3 is 11.1 Å². The van der Waals surface area contributed by atoms with Gasteiger partial charge in [-0.3, -0.25) is 4.79 Å². The molecule has 0 spiro atoms. The van der Waals surface area contributed by atoms with Crippen molar-refractivity contribution in [2.24, 2.45) is 5.73 Å². The minimum absolute atomic E-state index is 0.365. The van der Waals surface area contributed by atoms with Gasteiger partial charge >= 0.3 is 0 Å². The fraction of sp³-hybridized carbons (Fsp3) is 0.154. The lowest BCUT2D eigenvalue weighted by Gasteiger charge is -2.16. The number of benzene rings is 1. The van der Waals surface area contributed by atoms with Crippen molar-refractivity contribution in [3.05, 3.63) is 52.2 Å². The van der Waals surface area contributed by atoms with Crippen LogP contribution in [0, 0.1) is 6.92 Å². The van der Waals surface area contributed by atoms with Crippen molar-refractivity contribution in [2.45, 2.75) is 13.0 Å². The third-order valence-electron chi connectivity index (χ3n) is 2.56. The molecule has 0 saturated carbocycles. The minimum atomic E-state index is -0.462. The molecule has 1 unspecified atom stereocenters. The van der Waals surface area contributed by atoms with E-state index in [1.807, 2.05) is 48.7 Å². The second kappa shape index (κ2) is 5.01. The van der Waals surface area contributed by atoms with Crippen molar-refractivity contribution in [1.29, 1.82) is 0 Å². The summed E-state index contributed by atoms with van der Waals surface area (Å²) in [6.07, 6.45) is 0. The monoisotopic (exact) mass is 246 g/mol. The Bertz CT molecular complexity index is 508. The molecule has 0 bridgehead atoms. The van der Waals surface area contributed by atoms with Crippen LogP contribution < -0.4 is 11.1 Å². The summed E-state index contributed by atoms with van der Waals surface area (Å²) in [5.41, 5.74) is 7.46. The molecule has 0 aliphatic rings. The van der Waals surface area contributed by atoms with Crippen LogP contribution >= 0.6 is 11.3 Å². The third kappa shape index (κ3) is 2.65. The van der Waals surface area contributed by atoms with Gasteiger partial charge in [-0.05, 0) is 30.0 Å². The summed E-state index contributed by atoms with van der Waals surface area (Å²) in [7, 11) is 0. The van der Waals surface area contributed by atoms with Gasteiger partial charge in [0.15, 0.2) is 0 Å². The first-order valence-corrected chi connectivity index (χ1v) is 6.21. The maximum Gasteiger partial charge on any atom is 0.245 e. The third-order valence-corrected chi connectivity index (χ3v) is 3.49. The lowest BCUT2D eigenvalue weighted by molar-refractivity contribution is -0.118. The van der Waals surface area contributed by atoms with E-state index in [2.05, 4.69) is 5.32 Å². The topological polar surface area (TPSA) is 55.1 Å². The molecule has 3 N–H and O–H groups in total. The van der Waals surface area contributed by atoms with Crippen LogP contribution in [-0.4, -0.2) is 5.91 Å². The van der Waals surface area contributed by atoms with E-state index in [4.69, 9.17) is 5.73 Å². The number of nitrogens with two attached hydrogens (primary N) is 1. The Labute approximate surface area is 104 Å². The average Bonchev–Trinajstić information content (AvgIpc) is 2.81. The quantitative estimate of drug-likeness (QED) is 0.871. The van der Waals surface area contributed by atoms with E-state index in [1.165, 1.54) is 11.3 Å². The Hall–Kier alpha value is -1.81. The molecule has 4 heteroatoms. The van der Waals surface area contributed by atoms with Gasteiger partial charge in [0.1, 0.15) is 6.04 Å². The maximum atomic E-state index is 11.5. The Kier molecular flexibility index (Phi) is 3.44. The zero-order chi connectivity index (χ0) is 12.3. The smallest absolute Gasteiger partial charge is 0.245 e. The number of para-hydroxylation sites is 1. The summed E-state index contributed by atoms with van der Waals surface area (Å²) >= 11 is 1.52. The van der Waals surface area contributed by atoms with Crippen LogP contribution in [0.25, 0.3) is 0 Å². The number of amides is 1. The number of thiophene rings is 1. The van der Waals surface area contributed by atoms with E-state index in [0.29, 0.717) is 0 Å². The number of carbonyl (C=O) groups is 1. The molecule has 0 aliphatic carbocycles. The van der Waals surface area contributed by atoms with Crippen molar-refractivity contribution in [3.63, 3.8) is 0 Å². The summed E-state index contributed by atoms with van der Waals surface area (Å²) < 4.78 is 0. The summed E-state index contributed by atoms with van der Waals surface area (Å²) in [6.45, 7) is 1.99. The molecule has 0 radical (unpaired) electrons. The fourth-order valence-electron chi connectivity index (χ4n) is 1.63. The zero-order valence-electron chi connectivity index (χ0n) is 9.51. The summed E-state index contributed by atoms with van der Waals surface area (Å²) in [5, 5.41) is 5.12. The molecular weight excluding hydrogens is 232 g/mol. The average molecular weight is 246 g/mol. The molecule has 3 nitrogen and oxygen atoms in total. The highest BCUT2D eigenvalue weighted by Gasteiger charge is 2.18. The van der Waals surface area contributed by atoms with Gasteiger partial charge in [0.25, 0.3) is 0 Å². The van der Waals surface area contributed by atoms with E-state index < -0.39 is 6.04 Å². The predicted molar refractivity (Wildman–Crippen MR) is 71.1 cm³/mol. The number of aryl methyl sites for hydroxylation is 1. The molecular formula is C13H14N2OS. The number of hydrogen-bond donors (Lipinski definition) is 2. The van der Waals surface area contributed by atoms with Crippen molar-refractivity contribution < 1.29 is 4.79 Å². The minimum Gasteiger partial charge on any atom is -0.369 e. The van der Waals surface area contributed by atoms with Crippen molar-refractivity contribution in [3.8, 4) is 0 Å². The number of carbonyl (C=O) groups excluding carboxylic acids is 1. The van der Waals surface area contributed by atoms with Gasteiger partial charge in [-0.15, -0.1) is 11.3 Å². The first-order chi connectivity index (χ1) is 8.18. The van der Waals surface area contributed by atoms with Crippen molar-refractivity contribution >= 4 is 22.9 Å². The molecule has 1 atom stereocenters. The largest absolute Gasteiger partial charge is 0.369 e. The van der Waals surface area contributed by atoms with E-state index in [0.717, 1.165) is 16.1 Å². The molecule has 17 heavy (non-hydrogen) atoms. The van der Waals surface area contributed by atoms with Crippen molar-refractivity contribution in [2.75, 3.05) is 5.32 Å². The van der Waals surface area contributed by atoms with Crippen LogP contribution in [0.4, 0.5) is 5.69 Å². The molecule has 1 amide bonds. The molecule has 2 rings (SSSR count). The first-order valence-electron chi connectivity index (χ1n) is 5.33. The van der Waals surface area contributed by atoms with E-state index >= 15 is 0 Å². The Morgan fingerprint density at radius 2 is 2.06 bits per heavy atom. The maximum absolute atomic E-state index is 11.5. The molecule has 1 aromatic heterocycles. The molecule has 1 aromatic carbocycles. The standard InChI is InChI=1S/C13H14N2OS/c1-9-5-2-3-6-10(9)15-12(13(14)16)11-7-4-8-17-11/h2-8,12,15H,1H3,(H2,14,16). The second-order valence-electron chi connectivity index (χ2n) is 3.81. The van der Waals surface area contributed by atoms with E-state index in [9.17, 15) is 4.79 Å². The first kappa shape index (κ1) is 11.7. The highest BCUT2D eigenvalue weighted by atomic mass is 32.1. The number of hydrogen-bond acceptors (Lipinski definition) is 3. The van der Waals surface area contributed by atoms with E-state index in [-0.39, 0.29) is 5.91 Å². The Morgan fingerprint density at radius 3 is 2.65 bits per heavy atom. The molecule has 88 valence electrons. The highest BCUT2D eigenvalue weighted by Crippen LogP contribution is 2.25. The van der Waals surface area contributed by atoms with Gasteiger partial charge in [0.2, 0.25) is 5.91 Å². The summed E-state index contributed by atoms with van der Waals surface area (Å²) in [4.78, 5) is 12.4. The Morgan fingerprint density at radius 1 is 1.29 bits per heavy atom. The lowest BCUT2D eigenvalue weighted by Crippen LogP contribution is -2.27. The molecule has 0 fully saturated rings. The van der Waals surface area contributed by atoms with Crippen LogP contribution in [0.5, 0.6) is 0 Å². The van der Waals surface area contributed by atoms with Gasteiger partial charge in [-0.25, -0.2) is 0 Å². The Balaban J connectivity index is 2.26. The molecule has 2 aromatic rings. The van der Waals surface area contributed by atoms with E-state index in [1.54, 1.807) is 0 Å². The van der Waals surface area contributed by atoms with Gasteiger partial charge in [-0.2, -0.15) is 0 Å². The number of primary amides is 1. The second-order valence-corrected chi connectivity index (χ2v) is 4.79. The fourth-order valence-corrected chi connectivity index (χ4v) is 2.41. The SMILES string of the molecule is Cc1ccccc1NC(C(N)=O)c1cccs1. The van der Waals surface area contributed by atoms with Crippen LogP contribution in [0.2, 0.25) is 0 Å². The van der Waals surface area contributed by atoms with Gasteiger partial charge in [-0.1, -0.05) is 24.3 Å². The van der Waals surface area contributed by atoms with Crippen molar-refractivity contribution in [1.82, 2.24) is 0 Å². The highest BCUT2D eigenvalue weighted by molar-refractivity contribution is 7.10. The lowest BCUT2D eigenvalue weighted by atomic mass is 10.1. The molecule has 1 heterocycles. The molecule has 0 aliphatic heterocycles. The van der Waals surface area contributed by atoms with Crippen LogP contribution in [0.3, 0.4) is 0 Å². The predicted octanol–water partition coefficient (Wildman–Crippen LogP) is 2.70. The number of rotatable bonds is 4. The summed E-state index contributed by atoms with van der Waals surface area (Å²) in [5.74, 6) is -0.365. The number of nitrogens with one attached hydrogen (secondary N) is 1. The zero-order valence-corrected chi connectivity index (χ0v) is 10.3.